The third-order valence-corrected chi connectivity index (χ3v) is 3.19. The van der Waals surface area contributed by atoms with Gasteiger partial charge in [-0.25, -0.2) is 0 Å². The van der Waals surface area contributed by atoms with E-state index in [9.17, 15) is 4.79 Å². The van der Waals surface area contributed by atoms with Crippen LogP contribution in [0.3, 0.4) is 0 Å². The lowest BCUT2D eigenvalue weighted by molar-refractivity contribution is 0.103. The van der Waals surface area contributed by atoms with Crippen molar-refractivity contribution in [3.8, 4) is 5.75 Å². The average molecular weight is 261 g/mol. The van der Waals surface area contributed by atoms with Crippen molar-refractivity contribution in [1.82, 2.24) is 0 Å². The van der Waals surface area contributed by atoms with Crippen molar-refractivity contribution in [2.45, 2.75) is 6.92 Å². The number of carbonyl (C=O) groups excluding carboxylic acids is 1. The van der Waals surface area contributed by atoms with E-state index >= 15 is 0 Å². The summed E-state index contributed by atoms with van der Waals surface area (Å²) in [6.07, 6.45) is 0. The number of halogens is 1. The van der Waals surface area contributed by atoms with Crippen molar-refractivity contribution in [1.29, 1.82) is 0 Å². The van der Waals surface area contributed by atoms with Crippen LogP contribution in [0.4, 0.5) is 0 Å². The summed E-state index contributed by atoms with van der Waals surface area (Å²) in [5, 5.41) is 0.606. The first-order valence-corrected chi connectivity index (χ1v) is 5.94. The van der Waals surface area contributed by atoms with E-state index in [2.05, 4.69) is 0 Å². The molecule has 0 heterocycles. The molecule has 0 aromatic heterocycles. The number of aryl methyl sites for hydroxylation is 1. The van der Waals surface area contributed by atoms with Crippen LogP contribution in [0, 0.1) is 6.92 Å². The molecule has 2 aromatic rings. The Balaban J connectivity index is 2.32. The third-order valence-electron chi connectivity index (χ3n) is 2.79. The second-order valence-corrected chi connectivity index (χ2v) is 4.43. The summed E-state index contributed by atoms with van der Waals surface area (Å²) < 4.78 is 5.06. The predicted molar refractivity (Wildman–Crippen MR) is 72.6 cm³/mol. The monoisotopic (exact) mass is 260 g/mol. The summed E-state index contributed by atoms with van der Waals surface area (Å²) in [7, 11) is 1.59. The maximum absolute atomic E-state index is 12.2. The molecule has 0 N–H and O–H groups in total. The van der Waals surface area contributed by atoms with Gasteiger partial charge in [0.2, 0.25) is 0 Å². The van der Waals surface area contributed by atoms with Gasteiger partial charge in [0.05, 0.1) is 7.11 Å². The van der Waals surface area contributed by atoms with Crippen LogP contribution >= 0.6 is 11.6 Å². The summed E-state index contributed by atoms with van der Waals surface area (Å²) >= 11 is 6.02. The van der Waals surface area contributed by atoms with E-state index in [1.54, 1.807) is 43.5 Å². The van der Waals surface area contributed by atoms with Gasteiger partial charge in [-0.3, -0.25) is 4.79 Å². The molecular weight excluding hydrogens is 248 g/mol. The van der Waals surface area contributed by atoms with Crippen LogP contribution in [0.1, 0.15) is 21.5 Å². The molecule has 0 bridgehead atoms. The van der Waals surface area contributed by atoms with Gasteiger partial charge in [0.25, 0.3) is 0 Å². The molecule has 2 nitrogen and oxygen atoms in total. The molecule has 0 fully saturated rings. The molecule has 3 heteroatoms. The summed E-state index contributed by atoms with van der Waals surface area (Å²) in [5.74, 6) is 0.688. The Morgan fingerprint density at radius 2 is 1.67 bits per heavy atom. The molecule has 2 aromatic carbocycles. The quantitative estimate of drug-likeness (QED) is 0.783. The Labute approximate surface area is 111 Å². The lowest BCUT2D eigenvalue weighted by atomic mass is 10.0. The highest BCUT2D eigenvalue weighted by Crippen LogP contribution is 2.20. The topological polar surface area (TPSA) is 26.3 Å². The van der Waals surface area contributed by atoms with Crippen LogP contribution in [0.15, 0.2) is 42.5 Å². The van der Waals surface area contributed by atoms with Gasteiger partial charge in [-0.05, 0) is 42.8 Å². The lowest BCUT2D eigenvalue weighted by Crippen LogP contribution is -2.01. The molecule has 0 radical (unpaired) electrons. The smallest absolute Gasteiger partial charge is 0.193 e. The number of methoxy groups -OCH3 is 1. The minimum Gasteiger partial charge on any atom is -0.497 e. The largest absolute Gasteiger partial charge is 0.497 e. The first-order valence-electron chi connectivity index (χ1n) is 5.56. The molecular formula is C15H13ClO2. The summed E-state index contributed by atoms with van der Waals surface area (Å²) in [6, 6.07) is 12.4. The van der Waals surface area contributed by atoms with Crippen molar-refractivity contribution < 1.29 is 9.53 Å². The maximum atomic E-state index is 12.2. The van der Waals surface area contributed by atoms with Crippen molar-refractivity contribution in [2.24, 2.45) is 0 Å². The second-order valence-electron chi connectivity index (χ2n) is 4.02. The zero-order valence-corrected chi connectivity index (χ0v) is 11.0. The fraction of sp³-hybridized carbons (Fsp3) is 0.133. The number of ketones is 1. The van der Waals surface area contributed by atoms with Gasteiger partial charge in [0.15, 0.2) is 5.78 Å². The van der Waals surface area contributed by atoms with Crippen LogP contribution in [-0.2, 0) is 0 Å². The molecule has 0 aliphatic rings. The first-order chi connectivity index (χ1) is 8.61. The van der Waals surface area contributed by atoms with Gasteiger partial charge in [-0.1, -0.05) is 23.7 Å². The summed E-state index contributed by atoms with van der Waals surface area (Å²) in [4.78, 5) is 12.2. The molecule has 0 aliphatic heterocycles. The van der Waals surface area contributed by atoms with E-state index < -0.39 is 0 Å². The van der Waals surface area contributed by atoms with Gasteiger partial charge in [-0.15, -0.1) is 0 Å². The fourth-order valence-corrected chi connectivity index (χ4v) is 1.82. The standard InChI is InChI=1S/C15H13ClO2/c1-10-3-4-12(9-14(10)16)15(17)11-5-7-13(18-2)8-6-11/h3-9H,1-2H3. The van der Waals surface area contributed by atoms with Crippen LogP contribution < -0.4 is 4.74 Å². The molecule has 0 amide bonds. The highest BCUT2D eigenvalue weighted by Gasteiger charge is 2.10. The van der Waals surface area contributed by atoms with Crippen molar-refractivity contribution >= 4 is 17.4 Å². The highest BCUT2D eigenvalue weighted by atomic mass is 35.5. The van der Waals surface area contributed by atoms with E-state index in [0.717, 1.165) is 11.3 Å². The van der Waals surface area contributed by atoms with E-state index in [0.29, 0.717) is 16.1 Å². The number of benzene rings is 2. The number of carbonyl (C=O) groups is 1. The Hall–Kier alpha value is -1.80. The van der Waals surface area contributed by atoms with Gasteiger partial charge in [-0.2, -0.15) is 0 Å². The molecule has 0 atom stereocenters. The van der Waals surface area contributed by atoms with Gasteiger partial charge < -0.3 is 4.74 Å². The van der Waals surface area contributed by atoms with Gasteiger partial charge in [0, 0.05) is 16.1 Å². The number of rotatable bonds is 3. The molecule has 0 unspecified atom stereocenters. The number of hydrogen-bond donors (Lipinski definition) is 0. The Morgan fingerprint density at radius 3 is 2.22 bits per heavy atom. The Morgan fingerprint density at radius 1 is 1.06 bits per heavy atom. The molecule has 92 valence electrons. The van der Waals surface area contributed by atoms with Crippen LogP contribution in [0.2, 0.25) is 5.02 Å². The van der Waals surface area contributed by atoms with E-state index in [1.165, 1.54) is 0 Å². The average Bonchev–Trinajstić information content (AvgIpc) is 2.41. The van der Waals surface area contributed by atoms with Crippen molar-refractivity contribution in [2.75, 3.05) is 7.11 Å². The molecule has 0 saturated heterocycles. The molecule has 0 aliphatic carbocycles. The summed E-state index contributed by atoms with van der Waals surface area (Å²) in [6.45, 7) is 1.91. The second kappa shape index (κ2) is 5.23. The van der Waals surface area contributed by atoms with Crippen LogP contribution in [0.25, 0.3) is 0 Å². The molecule has 0 spiro atoms. The predicted octanol–water partition coefficient (Wildman–Crippen LogP) is 3.89. The molecule has 0 saturated carbocycles. The lowest BCUT2D eigenvalue weighted by Gasteiger charge is -2.05. The van der Waals surface area contributed by atoms with E-state index in [1.807, 2.05) is 13.0 Å². The van der Waals surface area contributed by atoms with E-state index in [4.69, 9.17) is 16.3 Å². The van der Waals surface area contributed by atoms with E-state index in [-0.39, 0.29) is 5.78 Å². The SMILES string of the molecule is COc1ccc(C(=O)c2ccc(C)c(Cl)c2)cc1. The Bertz CT molecular complexity index is 574. The first kappa shape index (κ1) is 12.7. The molecule has 18 heavy (non-hydrogen) atoms. The van der Waals surface area contributed by atoms with Crippen LogP contribution in [0.5, 0.6) is 5.75 Å². The van der Waals surface area contributed by atoms with Crippen molar-refractivity contribution in [3.63, 3.8) is 0 Å². The minimum atomic E-state index is -0.0421. The maximum Gasteiger partial charge on any atom is 0.193 e. The molecule has 2 rings (SSSR count). The zero-order valence-electron chi connectivity index (χ0n) is 10.2. The van der Waals surface area contributed by atoms with Crippen LogP contribution in [-0.4, -0.2) is 12.9 Å². The number of hydrogen-bond acceptors (Lipinski definition) is 2. The van der Waals surface area contributed by atoms with Gasteiger partial charge >= 0.3 is 0 Å². The Kier molecular flexibility index (Phi) is 3.68. The normalized spacial score (nSPS) is 10.2. The fourth-order valence-electron chi connectivity index (χ4n) is 1.64. The third kappa shape index (κ3) is 2.54. The van der Waals surface area contributed by atoms with Crippen molar-refractivity contribution in [3.05, 3.63) is 64.2 Å². The number of ether oxygens (including phenoxy) is 1. The zero-order chi connectivity index (χ0) is 13.1. The minimum absolute atomic E-state index is 0.0421. The van der Waals surface area contributed by atoms with Gasteiger partial charge in [0.1, 0.15) is 5.75 Å². The summed E-state index contributed by atoms with van der Waals surface area (Å²) in [5.41, 5.74) is 2.18. The highest BCUT2D eigenvalue weighted by molar-refractivity contribution is 6.31.